The molecule has 2 amide bonds. The molecule has 0 radical (unpaired) electrons. The van der Waals surface area contributed by atoms with Crippen molar-refractivity contribution in [2.75, 3.05) is 18.1 Å². The van der Waals surface area contributed by atoms with Crippen LogP contribution in [0, 0.1) is 0 Å². The van der Waals surface area contributed by atoms with E-state index in [1.165, 1.54) is 0 Å². The molecule has 1 heterocycles. The summed E-state index contributed by atoms with van der Waals surface area (Å²) in [4.78, 5) is 27.0. The molecule has 29 heavy (non-hydrogen) atoms. The highest BCUT2D eigenvalue weighted by Gasteiger charge is 2.34. The van der Waals surface area contributed by atoms with Gasteiger partial charge in [0.1, 0.15) is 12.6 Å². The van der Waals surface area contributed by atoms with E-state index in [2.05, 4.69) is 5.32 Å². The lowest BCUT2D eigenvalue weighted by molar-refractivity contribution is -0.121. The van der Waals surface area contributed by atoms with Crippen LogP contribution in [0.3, 0.4) is 0 Å². The van der Waals surface area contributed by atoms with E-state index in [-0.39, 0.29) is 18.1 Å². The number of rotatable bonds is 6. The van der Waals surface area contributed by atoms with E-state index in [0.717, 1.165) is 16.8 Å². The smallest absolute Gasteiger partial charge is 0.408 e. The minimum atomic E-state index is -0.664. The van der Waals surface area contributed by atoms with Crippen molar-refractivity contribution in [1.29, 1.82) is 0 Å². The number of amides is 2. The van der Waals surface area contributed by atoms with E-state index in [4.69, 9.17) is 9.47 Å². The third kappa shape index (κ3) is 5.81. The number of carbonyl (C=O) groups excluding carboxylic acids is 2. The molecule has 0 fully saturated rings. The Morgan fingerprint density at radius 2 is 1.79 bits per heavy atom. The second-order valence-corrected chi connectivity index (χ2v) is 8.04. The molecule has 0 bridgehead atoms. The van der Waals surface area contributed by atoms with E-state index in [9.17, 15) is 9.59 Å². The number of ether oxygens (including phenoxy) is 2. The molecule has 3 rings (SSSR count). The number of nitrogens with one attached hydrogen (secondary N) is 1. The molecule has 154 valence electrons. The number of anilines is 1. The third-order valence-corrected chi connectivity index (χ3v) is 4.63. The van der Waals surface area contributed by atoms with Gasteiger partial charge in [0.05, 0.1) is 12.2 Å². The van der Waals surface area contributed by atoms with Crippen LogP contribution >= 0.6 is 0 Å². The SMILES string of the molecule is CC(C)(C)OCCN1C(=O)[C@H](NC(=O)OCc2ccccc2)Cc2ccccc21. The fourth-order valence-electron chi connectivity index (χ4n) is 3.25. The van der Waals surface area contributed by atoms with Crippen LogP contribution in [0.25, 0.3) is 0 Å². The minimum absolute atomic E-state index is 0.155. The van der Waals surface area contributed by atoms with Gasteiger partial charge in [0.2, 0.25) is 5.91 Å². The molecule has 6 nitrogen and oxygen atoms in total. The zero-order valence-electron chi connectivity index (χ0n) is 17.2. The predicted octanol–water partition coefficient (Wildman–Crippen LogP) is 3.69. The normalized spacial score (nSPS) is 16.3. The fourth-order valence-corrected chi connectivity index (χ4v) is 3.25. The standard InChI is InChI=1S/C23H28N2O4/c1-23(2,3)29-14-13-25-20-12-8-7-11-18(20)15-19(21(25)26)24-22(27)28-16-17-9-5-4-6-10-17/h4-12,19H,13-16H2,1-3H3,(H,24,27)/t19-/m1/s1. The summed E-state index contributed by atoms with van der Waals surface area (Å²) in [5, 5.41) is 2.72. The number of carbonyl (C=O) groups is 2. The van der Waals surface area contributed by atoms with Crippen molar-refractivity contribution in [3.8, 4) is 0 Å². The number of fused-ring (bicyclic) bond motifs is 1. The van der Waals surface area contributed by atoms with Gasteiger partial charge in [0, 0.05) is 18.7 Å². The van der Waals surface area contributed by atoms with E-state index >= 15 is 0 Å². The van der Waals surface area contributed by atoms with Crippen molar-refractivity contribution in [1.82, 2.24) is 5.32 Å². The molecule has 1 aliphatic heterocycles. The third-order valence-electron chi connectivity index (χ3n) is 4.63. The van der Waals surface area contributed by atoms with Crippen LogP contribution in [-0.2, 0) is 27.3 Å². The molecule has 1 N–H and O–H groups in total. The first kappa shape index (κ1) is 20.9. The highest BCUT2D eigenvalue weighted by atomic mass is 16.5. The van der Waals surface area contributed by atoms with Crippen molar-refractivity contribution in [3.63, 3.8) is 0 Å². The molecule has 0 saturated carbocycles. The summed E-state index contributed by atoms with van der Waals surface area (Å²) in [7, 11) is 0. The van der Waals surface area contributed by atoms with Crippen molar-refractivity contribution in [2.24, 2.45) is 0 Å². The average molecular weight is 396 g/mol. The number of para-hydroxylation sites is 1. The summed E-state index contributed by atoms with van der Waals surface area (Å²) in [6.45, 7) is 6.93. The Balaban J connectivity index is 1.65. The predicted molar refractivity (Wildman–Crippen MR) is 112 cm³/mol. The molecule has 1 aliphatic rings. The van der Waals surface area contributed by atoms with Gasteiger partial charge >= 0.3 is 6.09 Å². The Kier molecular flexibility index (Phi) is 6.54. The molecule has 1 atom stereocenters. The molecule has 0 unspecified atom stereocenters. The zero-order chi connectivity index (χ0) is 20.9. The van der Waals surface area contributed by atoms with Crippen molar-refractivity contribution < 1.29 is 19.1 Å². The van der Waals surface area contributed by atoms with Gasteiger partial charge in [-0.25, -0.2) is 4.79 Å². The Labute approximate surface area is 171 Å². The number of hydrogen-bond acceptors (Lipinski definition) is 4. The number of alkyl carbamates (subject to hydrolysis) is 1. The second-order valence-electron chi connectivity index (χ2n) is 8.04. The van der Waals surface area contributed by atoms with E-state index in [1.807, 2.05) is 75.4 Å². The van der Waals surface area contributed by atoms with Gasteiger partial charge in [-0.05, 0) is 38.0 Å². The van der Waals surface area contributed by atoms with Gasteiger partial charge < -0.3 is 19.7 Å². The van der Waals surface area contributed by atoms with Gasteiger partial charge in [-0.1, -0.05) is 48.5 Å². The summed E-state index contributed by atoms with van der Waals surface area (Å²) >= 11 is 0. The van der Waals surface area contributed by atoms with Crippen LogP contribution in [0.15, 0.2) is 54.6 Å². The first-order valence-electron chi connectivity index (χ1n) is 9.84. The van der Waals surface area contributed by atoms with Gasteiger partial charge in [-0.2, -0.15) is 0 Å². The van der Waals surface area contributed by atoms with Crippen molar-refractivity contribution >= 4 is 17.7 Å². The molecular weight excluding hydrogens is 368 g/mol. The van der Waals surface area contributed by atoms with Crippen molar-refractivity contribution in [2.45, 2.75) is 45.4 Å². The fraction of sp³-hybridized carbons (Fsp3) is 0.391. The summed E-state index contributed by atoms with van der Waals surface area (Å²) in [5.41, 5.74) is 2.49. The summed E-state index contributed by atoms with van der Waals surface area (Å²) < 4.78 is 11.1. The summed E-state index contributed by atoms with van der Waals surface area (Å²) in [5.74, 6) is -0.155. The van der Waals surface area contributed by atoms with Crippen LogP contribution in [-0.4, -0.2) is 36.8 Å². The Bertz CT molecular complexity index is 845. The van der Waals surface area contributed by atoms with E-state index < -0.39 is 12.1 Å². The summed E-state index contributed by atoms with van der Waals surface area (Å²) in [6.07, 6.45) is -0.163. The first-order chi connectivity index (χ1) is 13.8. The lowest BCUT2D eigenvalue weighted by Gasteiger charge is -2.35. The zero-order valence-corrected chi connectivity index (χ0v) is 17.2. The van der Waals surface area contributed by atoms with Gasteiger partial charge in [-0.15, -0.1) is 0 Å². The van der Waals surface area contributed by atoms with Crippen molar-refractivity contribution in [3.05, 3.63) is 65.7 Å². The quantitative estimate of drug-likeness (QED) is 0.809. The monoisotopic (exact) mass is 396 g/mol. The summed E-state index contributed by atoms with van der Waals surface area (Å²) in [6, 6.07) is 16.5. The van der Waals surface area contributed by atoms with Crippen LogP contribution in [0.5, 0.6) is 0 Å². The maximum absolute atomic E-state index is 13.1. The minimum Gasteiger partial charge on any atom is -0.445 e. The topological polar surface area (TPSA) is 67.9 Å². The molecule has 2 aromatic rings. The Hall–Kier alpha value is -2.86. The van der Waals surface area contributed by atoms with E-state index in [1.54, 1.807) is 4.90 Å². The Morgan fingerprint density at radius 3 is 2.52 bits per heavy atom. The molecule has 0 saturated heterocycles. The maximum Gasteiger partial charge on any atom is 0.408 e. The molecule has 0 aliphatic carbocycles. The Morgan fingerprint density at radius 1 is 1.10 bits per heavy atom. The largest absolute Gasteiger partial charge is 0.445 e. The van der Waals surface area contributed by atoms with Gasteiger partial charge in [0.25, 0.3) is 0 Å². The molecular formula is C23H28N2O4. The number of hydrogen-bond donors (Lipinski definition) is 1. The highest BCUT2D eigenvalue weighted by molar-refractivity contribution is 6.01. The second kappa shape index (κ2) is 9.09. The first-order valence-corrected chi connectivity index (χ1v) is 9.84. The molecule has 0 spiro atoms. The number of nitrogens with zero attached hydrogens (tertiary/aromatic N) is 1. The average Bonchev–Trinajstić information content (AvgIpc) is 2.69. The highest BCUT2D eigenvalue weighted by Crippen LogP contribution is 2.28. The van der Waals surface area contributed by atoms with Crippen LogP contribution < -0.4 is 10.2 Å². The van der Waals surface area contributed by atoms with E-state index in [0.29, 0.717) is 19.6 Å². The maximum atomic E-state index is 13.1. The lowest BCUT2D eigenvalue weighted by Crippen LogP contribution is -2.53. The van der Waals surface area contributed by atoms with Crippen LogP contribution in [0.4, 0.5) is 10.5 Å². The lowest BCUT2D eigenvalue weighted by atomic mass is 9.97. The van der Waals surface area contributed by atoms with Gasteiger partial charge in [0.15, 0.2) is 0 Å². The number of benzene rings is 2. The van der Waals surface area contributed by atoms with Crippen LogP contribution in [0.2, 0.25) is 0 Å². The molecule has 6 heteroatoms. The molecule has 2 aromatic carbocycles. The van der Waals surface area contributed by atoms with Gasteiger partial charge in [-0.3, -0.25) is 4.79 Å². The van der Waals surface area contributed by atoms with Crippen LogP contribution in [0.1, 0.15) is 31.9 Å². The molecule has 0 aromatic heterocycles.